The summed E-state index contributed by atoms with van der Waals surface area (Å²) < 4.78 is 20.1. The Hall–Kier alpha value is -2.41. The van der Waals surface area contributed by atoms with Crippen molar-refractivity contribution in [2.45, 2.75) is 19.3 Å². The number of anilines is 3. The van der Waals surface area contributed by atoms with Gasteiger partial charge in [0.05, 0.1) is 24.6 Å². The summed E-state index contributed by atoms with van der Waals surface area (Å²) in [6.45, 7) is 4.75. The number of benzene rings is 1. The Morgan fingerprint density at radius 2 is 1.62 bits per heavy atom. The van der Waals surface area contributed by atoms with Gasteiger partial charge in [0.25, 0.3) is 0 Å². The third kappa shape index (κ3) is 3.44. The average molecular weight is 357 g/mol. The highest BCUT2D eigenvalue weighted by atomic mass is 19.1. The average Bonchev–Trinajstić information content (AvgIpc) is 2.71. The maximum absolute atomic E-state index is 14.8. The van der Waals surface area contributed by atoms with Crippen LogP contribution in [0.3, 0.4) is 0 Å². The van der Waals surface area contributed by atoms with Crippen molar-refractivity contribution in [2.24, 2.45) is 0 Å². The van der Waals surface area contributed by atoms with Gasteiger partial charge in [0.1, 0.15) is 5.82 Å². The van der Waals surface area contributed by atoms with E-state index < -0.39 is 0 Å². The van der Waals surface area contributed by atoms with E-state index in [-0.39, 0.29) is 5.82 Å². The first-order valence-corrected chi connectivity index (χ1v) is 9.21. The highest BCUT2D eigenvalue weighted by Gasteiger charge is 2.18. The van der Waals surface area contributed by atoms with Crippen LogP contribution in [0.1, 0.15) is 19.3 Å². The van der Waals surface area contributed by atoms with E-state index in [9.17, 15) is 4.39 Å². The molecule has 0 unspecified atom stereocenters. The SMILES string of the molecule is Nc1cc(-c2cnc(N3CCOCC3)nc2)c(F)cc1N1CCCCC1. The third-order valence-corrected chi connectivity index (χ3v) is 5.06. The number of halogens is 1. The summed E-state index contributed by atoms with van der Waals surface area (Å²) in [5, 5.41) is 0. The normalized spacial score (nSPS) is 18.2. The molecule has 1 aromatic carbocycles. The molecule has 0 radical (unpaired) electrons. The lowest BCUT2D eigenvalue weighted by atomic mass is 10.0. The lowest BCUT2D eigenvalue weighted by Gasteiger charge is -2.30. The largest absolute Gasteiger partial charge is 0.397 e. The predicted octanol–water partition coefficient (Wildman–Crippen LogP) is 2.69. The molecule has 6 nitrogen and oxygen atoms in total. The number of morpholine rings is 1. The van der Waals surface area contributed by atoms with E-state index in [4.69, 9.17) is 10.5 Å². The van der Waals surface area contributed by atoms with Crippen molar-refractivity contribution in [1.82, 2.24) is 9.97 Å². The summed E-state index contributed by atoms with van der Waals surface area (Å²) in [5.41, 5.74) is 8.70. The van der Waals surface area contributed by atoms with Gasteiger partial charge in [-0.3, -0.25) is 0 Å². The van der Waals surface area contributed by atoms with Crippen LogP contribution in [-0.4, -0.2) is 49.4 Å². The van der Waals surface area contributed by atoms with Crippen molar-refractivity contribution >= 4 is 17.3 Å². The highest BCUT2D eigenvalue weighted by Crippen LogP contribution is 2.33. The van der Waals surface area contributed by atoms with Gasteiger partial charge in [-0.15, -0.1) is 0 Å². The molecule has 2 N–H and O–H groups in total. The number of nitrogens with two attached hydrogens (primary N) is 1. The fraction of sp³-hybridized carbons (Fsp3) is 0.474. The molecule has 2 aliphatic rings. The van der Waals surface area contributed by atoms with Crippen LogP contribution in [0.5, 0.6) is 0 Å². The molecule has 0 aliphatic carbocycles. The van der Waals surface area contributed by atoms with Crippen LogP contribution < -0.4 is 15.5 Å². The van der Waals surface area contributed by atoms with Crippen molar-refractivity contribution in [3.05, 3.63) is 30.3 Å². The molecule has 3 heterocycles. The van der Waals surface area contributed by atoms with Crippen LogP contribution >= 0.6 is 0 Å². The van der Waals surface area contributed by atoms with Crippen LogP contribution in [-0.2, 0) is 4.74 Å². The quantitative estimate of drug-likeness (QED) is 0.852. The molecule has 2 fully saturated rings. The number of aromatic nitrogens is 2. The van der Waals surface area contributed by atoms with Crippen molar-refractivity contribution in [2.75, 3.05) is 54.9 Å². The van der Waals surface area contributed by atoms with E-state index in [1.54, 1.807) is 24.5 Å². The minimum atomic E-state index is -0.289. The minimum absolute atomic E-state index is 0.289. The second-order valence-corrected chi connectivity index (χ2v) is 6.81. The van der Waals surface area contributed by atoms with Crippen LogP contribution in [0.15, 0.2) is 24.5 Å². The predicted molar refractivity (Wildman–Crippen MR) is 101 cm³/mol. The van der Waals surface area contributed by atoms with Gasteiger partial charge in [-0.1, -0.05) is 0 Å². The first-order valence-electron chi connectivity index (χ1n) is 9.21. The molecule has 2 saturated heterocycles. The van der Waals surface area contributed by atoms with Crippen molar-refractivity contribution in [3.63, 3.8) is 0 Å². The van der Waals surface area contributed by atoms with E-state index in [2.05, 4.69) is 19.8 Å². The first-order chi connectivity index (χ1) is 12.7. The maximum Gasteiger partial charge on any atom is 0.225 e. The van der Waals surface area contributed by atoms with E-state index in [0.717, 1.165) is 44.7 Å². The second kappa shape index (κ2) is 7.45. The van der Waals surface area contributed by atoms with E-state index in [1.165, 1.54) is 6.42 Å². The van der Waals surface area contributed by atoms with Gasteiger partial charge in [0.2, 0.25) is 5.95 Å². The lowest BCUT2D eigenvalue weighted by Crippen LogP contribution is -2.37. The smallest absolute Gasteiger partial charge is 0.225 e. The van der Waals surface area contributed by atoms with Gasteiger partial charge < -0.3 is 20.3 Å². The topological polar surface area (TPSA) is 67.5 Å². The Kier molecular flexibility index (Phi) is 4.88. The number of nitrogens with zero attached hydrogens (tertiary/aromatic N) is 4. The van der Waals surface area contributed by atoms with Gasteiger partial charge in [-0.2, -0.15) is 0 Å². The molecule has 0 bridgehead atoms. The standard InChI is InChI=1S/C19H24FN5O/c20-16-11-18(24-4-2-1-3-5-24)17(21)10-15(16)14-12-22-19(23-13-14)25-6-8-26-9-7-25/h10-13H,1-9,21H2. The summed E-state index contributed by atoms with van der Waals surface area (Å²) in [7, 11) is 0. The monoisotopic (exact) mass is 357 g/mol. The second-order valence-electron chi connectivity index (χ2n) is 6.81. The van der Waals surface area contributed by atoms with Crippen LogP contribution in [0.2, 0.25) is 0 Å². The molecule has 138 valence electrons. The molecule has 0 atom stereocenters. The minimum Gasteiger partial charge on any atom is -0.397 e. The summed E-state index contributed by atoms with van der Waals surface area (Å²) in [6.07, 6.45) is 6.80. The lowest BCUT2D eigenvalue weighted by molar-refractivity contribution is 0.122. The molecule has 7 heteroatoms. The summed E-state index contributed by atoms with van der Waals surface area (Å²) in [5.74, 6) is 0.359. The van der Waals surface area contributed by atoms with Gasteiger partial charge >= 0.3 is 0 Å². The molecule has 1 aromatic heterocycles. The Bertz CT molecular complexity index is 755. The number of nitrogen functional groups attached to an aromatic ring is 1. The van der Waals surface area contributed by atoms with E-state index in [0.29, 0.717) is 36.0 Å². The zero-order valence-corrected chi connectivity index (χ0v) is 14.8. The summed E-state index contributed by atoms with van der Waals surface area (Å²) in [4.78, 5) is 13.0. The third-order valence-electron chi connectivity index (χ3n) is 5.06. The molecule has 0 spiro atoms. The van der Waals surface area contributed by atoms with Gasteiger partial charge in [-0.25, -0.2) is 14.4 Å². The number of ether oxygens (including phenoxy) is 1. The van der Waals surface area contributed by atoms with Crippen LogP contribution in [0.25, 0.3) is 11.1 Å². The zero-order valence-electron chi connectivity index (χ0n) is 14.8. The Balaban J connectivity index is 1.58. The van der Waals surface area contributed by atoms with Crippen LogP contribution in [0, 0.1) is 5.82 Å². The Morgan fingerprint density at radius 3 is 2.31 bits per heavy atom. The fourth-order valence-electron chi connectivity index (χ4n) is 3.60. The molecule has 2 aromatic rings. The van der Waals surface area contributed by atoms with Gasteiger partial charge in [0, 0.05) is 49.7 Å². The van der Waals surface area contributed by atoms with Crippen molar-refractivity contribution < 1.29 is 9.13 Å². The molecule has 0 amide bonds. The molecular weight excluding hydrogens is 333 g/mol. The molecule has 26 heavy (non-hydrogen) atoms. The maximum atomic E-state index is 14.8. The number of hydrogen-bond acceptors (Lipinski definition) is 6. The number of rotatable bonds is 3. The van der Waals surface area contributed by atoms with Crippen molar-refractivity contribution in [3.8, 4) is 11.1 Å². The Morgan fingerprint density at radius 1 is 0.923 bits per heavy atom. The molecular formula is C19H24FN5O. The zero-order chi connectivity index (χ0) is 17.9. The van der Waals surface area contributed by atoms with E-state index >= 15 is 0 Å². The summed E-state index contributed by atoms with van der Waals surface area (Å²) in [6, 6.07) is 3.25. The first kappa shape index (κ1) is 17.0. The van der Waals surface area contributed by atoms with E-state index in [1.807, 2.05) is 0 Å². The Labute approximate surface area is 152 Å². The van der Waals surface area contributed by atoms with Crippen molar-refractivity contribution in [1.29, 1.82) is 0 Å². The molecule has 0 saturated carbocycles. The summed E-state index contributed by atoms with van der Waals surface area (Å²) >= 11 is 0. The fourth-order valence-corrected chi connectivity index (χ4v) is 3.60. The van der Waals surface area contributed by atoms with Crippen LogP contribution in [0.4, 0.5) is 21.7 Å². The highest BCUT2D eigenvalue weighted by molar-refractivity contribution is 5.77. The molecule has 4 rings (SSSR count). The number of piperidine rings is 1. The molecule has 2 aliphatic heterocycles. The van der Waals surface area contributed by atoms with Gasteiger partial charge in [0.15, 0.2) is 0 Å². The van der Waals surface area contributed by atoms with Gasteiger partial charge in [-0.05, 0) is 31.4 Å². The number of hydrogen-bond donors (Lipinski definition) is 1.